The van der Waals surface area contributed by atoms with Gasteiger partial charge >= 0.3 is 0 Å². The number of halogens is 2. The molecule has 0 spiro atoms. The summed E-state index contributed by atoms with van der Waals surface area (Å²) in [5.74, 6) is -0.437. The monoisotopic (exact) mass is 643 g/mol. The summed E-state index contributed by atoms with van der Waals surface area (Å²) in [6.45, 7) is 2.22. The second kappa shape index (κ2) is 15.1. The molecule has 0 saturated heterocycles. The van der Waals surface area contributed by atoms with Gasteiger partial charge in [-0.05, 0) is 61.6 Å². The lowest BCUT2D eigenvalue weighted by atomic mass is 10.0. The highest BCUT2D eigenvalue weighted by Crippen LogP contribution is 2.26. The molecule has 1 aliphatic carbocycles. The van der Waals surface area contributed by atoms with Crippen LogP contribution < -0.4 is 9.62 Å². The first-order valence-corrected chi connectivity index (χ1v) is 17.2. The topological polar surface area (TPSA) is 86.8 Å². The lowest BCUT2D eigenvalue weighted by Crippen LogP contribution is -2.52. The van der Waals surface area contributed by atoms with Gasteiger partial charge in [0, 0.05) is 32.0 Å². The zero-order chi connectivity index (χ0) is 31.0. The van der Waals surface area contributed by atoms with Gasteiger partial charge < -0.3 is 10.2 Å². The van der Waals surface area contributed by atoms with Crippen LogP contribution in [0.5, 0.6) is 0 Å². The molecular formula is C33H39Cl2N3O4S. The summed E-state index contributed by atoms with van der Waals surface area (Å²) in [5.41, 5.74) is 3.24. The van der Waals surface area contributed by atoms with Crippen molar-refractivity contribution in [1.29, 1.82) is 0 Å². The van der Waals surface area contributed by atoms with Crippen molar-refractivity contribution in [1.82, 2.24) is 10.2 Å². The van der Waals surface area contributed by atoms with Crippen molar-refractivity contribution >= 4 is 50.7 Å². The van der Waals surface area contributed by atoms with E-state index in [-0.39, 0.29) is 43.8 Å². The second-order valence-corrected chi connectivity index (χ2v) is 14.0. The third-order valence-electron chi connectivity index (χ3n) is 7.78. The number of amides is 2. The number of nitrogens with one attached hydrogen (secondary N) is 1. The van der Waals surface area contributed by atoms with Crippen LogP contribution in [0, 0.1) is 6.92 Å². The average Bonchev–Trinajstić information content (AvgIpc) is 3.48. The highest BCUT2D eigenvalue weighted by Gasteiger charge is 2.32. The SMILES string of the molecule is Cc1ccc(N(CCCC(=O)N(Cc2ccc(Cl)c(Cl)c2)[C@H](Cc2ccccc2)C(=O)NC2CCCC2)S(C)(=O)=O)cc1. The number of anilines is 1. The Morgan fingerprint density at radius 3 is 2.23 bits per heavy atom. The zero-order valence-corrected chi connectivity index (χ0v) is 27.0. The van der Waals surface area contributed by atoms with Gasteiger partial charge in [0.15, 0.2) is 0 Å². The van der Waals surface area contributed by atoms with Gasteiger partial charge in [0.2, 0.25) is 21.8 Å². The van der Waals surface area contributed by atoms with E-state index in [1.165, 1.54) is 4.31 Å². The molecule has 0 aliphatic heterocycles. The maximum atomic E-state index is 14.0. The van der Waals surface area contributed by atoms with Gasteiger partial charge in [-0.25, -0.2) is 8.42 Å². The van der Waals surface area contributed by atoms with Crippen LogP contribution in [0.2, 0.25) is 10.0 Å². The molecule has 0 heterocycles. The zero-order valence-electron chi connectivity index (χ0n) is 24.6. The maximum absolute atomic E-state index is 14.0. The summed E-state index contributed by atoms with van der Waals surface area (Å²) in [6.07, 6.45) is 5.81. The summed E-state index contributed by atoms with van der Waals surface area (Å²) < 4.78 is 26.6. The normalized spacial score (nSPS) is 14.3. The minimum Gasteiger partial charge on any atom is -0.352 e. The largest absolute Gasteiger partial charge is 0.352 e. The van der Waals surface area contributed by atoms with Crippen molar-refractivity contribution in [3.8, 4) is 0 Å². The highest BCUT2D eigenvalue weighted by atomic mass is 35.5. The van der Waals surface area contributed by atoms with Gasteiger partial charge in [0.25, 0.3) is 0 Å². The standard InChI is InChI=1S/C33H39Cl2N3O4S/c1-24-14-17-28(18-15-24)38(43(2,41)42)20-8-13-32(39)37(23-26-16-19-29(34)30(35)21-26)31(22-25-9-4-3-5-10-25)33(40)36-27-11-6-7-12-27/h3-5,9-10,14-19,21,27,31H,6-8,11-13,20,22-23H2,1-2H3,(H,36,40)/t31-/m1/s1. The second-order valence-electron chi connectivity index (χ2n) is 11.2. The average molecular weight is 645 g/mol. The Kier molecular flexibility index (Phi) is 11.5. The minimum atomic E-state index is -3.57. The predicted molar refractivity (Wildman–Crippen MR) is 174 cm³/mol. The Balaban J connectivity index is 1.60. The molecule has 4 rings (SSSR count). The molecule has 0 bridgehead atoms. The first kappa shape index (κ1) is 32.8. The van der Waals surface area contributed by atoms with Crippen LogP contribution >= 0.6 is 23.2 Å². The molecule has 1 atom stereocenters. The smallest absolute Gasteiger partial charge is 0.243 e. The first-order valence-electron chi connectivity index (χ1n) is 14.6. The Bertz CT molecular complexity index is 1490. The van der Waals surface area contributed by atoms with Gasteiger partial charge in [-0.1, -0.05) is 90.1 Å². The molecular weight excluding hydrogens is 605 g/mol. The highest BCUT2D eigenvalue weighted by molar-refractivity contribution is 7.92. The van der Waals surface area contributed by atoms with E-state index in [2.05, 4.69) is 5.32 Å². The van der Waals surface area contributed by atoms with Gasteiger partial charge in [-0.2, -0.15) is 0 Å². The number of hydrogen-bond donors (Lipinski definition) is 1. The van der Waals surface area contributed by atoms with E-state index in [1.54, 1.807) is 35.2 Å². The third kappa shape index (κ3) is 9.46. The molecule has 3 aromatic rings. The molecule has 0 radical (unpaired) electrons. The minimum absolute atomic E-state index is 0.0567. The van der Waals surface area contributed by atoms with E-state index in [9.17, 15) is 18.0 Å². The maximum Gasteiger partial charge on any atom is 0.243 e. The van der Waals surface area contributed by atoms with Gasteiger partial charge in [0.1, 0.15) is 6.04 Å². The lowest BCUT2D eigenvalue weighted by molar-refractivity contribution is -0.141. The summed E-state index contributed by atoms with van der Waals surface area (Å²) in [5, 5.41) is 3.96. The molecule has 230 valence electrons. The fourth-order valence-corrected chi connectivity index (χ4v) is 6.76. The number of carbonyl (C=O) groups excluding carboxylic acids is 2. The molecule has 7 nitrogen and oxygen atoms in total. The van der Waals surface area contributed by atoms with Crippen LogP contribution in [0.1, 0.15) is 55.2 Å². The lowest BCUT2D eigenvalue weighted by Gasteiger charge is -2.33. The van der Waals surface area contributed by atoms with E-state index < -0.39 is 16.1 Å². The molecule has 1 saturated carbocycles. The van der Waals surface area contributed by atoms with Gasteiger partial charge in [0.05, 0.1) is 22.0 Å². The number of nitrogens with zero attached hydrogens (tertiary/aromatic N) is 2. The van der Waals surface area contributed by atoms with Gasteiger partial charge in [-0.15, -0.1) is 0 Å². The predicted octanol–water partition coefficient (Wildman–Crippen LogP) is 6.55. The summed E-state index contributed by atoms with van der Waals surface area (Å²) >= 11 is 12.5. The molecule has 1 fully saturated rings. The third-order valence-corrected chi connectivity index (χ3v) is 9.72. The molecule has 1 aliphatic rings. The van der Waals surface area contributed by atoms with E-state index in [1.807, 2.05) is 49.4 Å². The number of benzene rings is 3. The number of aryl methyl sites for hydroxylation is 1. The van der Waals surface area contributed by atoms with Crippen LogP contribution in [0.3, 0.4) is 0 Å². The molecule has 10 heteroatoms. The molecule has 0 unspecified atom stereocenters. The molecule has 2 amide bonds. The number of rotatable bonds is 13. The Labute approximate surface area is 265 Å². The first-order chi connectivity index (χ1) is 20.5. The van der Waals surface area contributed by atoms with Crippen molar-refractivity contribution in [3.05, 3.63) is 99.5 Å². The Morgan fingerprint density at radius 1 is 0.930 bits per heavy atom. The van der Waals surface area contributed by atoms with Crippen molar-refractivity contribution < 1.29 is 18.0 Å². The van der Waals surface area contributed by atoms with Crippen LogP contribution in [0.15, 0.2) is 72.8 Å². The summed E-state index contributed by atoms with van der Waals surface area (Å²) in [4.78, 5) is 29.5. The van der Waals surface area contributed by atoms with Crippen molar-refractivity contribution in [2.75, 3.05) is 17.1 Å². The Hall–Kier alpha value is -3.07. The molecule has 1 N–H and O–H groups in total. The van der Waals surface area contributed by atoms with Gasteiger partial charge in [-0.3, -0.25) is 13.9 Å². The quantitative estimate of drug-likeness (QED) is 0.229. The fraction of sp³-hybridized carbons (Fsp3) is 0.394. The summed E-state index contributed by atoms with van der Waals surface area (Å²) in [7, 11) is -3.57. The van der Waals surface area contributed by atoms with Crippen molar-refractivity contribution in [2.45, 2.75) is 70.5 Å². The van der Waals surface area contributed by atoms with Crippen LogP contribution in [0.4, 0.5) is 5.69 Å². The summed E-state index contributed by atoms with van der Waals surface area (Å²) in [6, 6.07) is 21.4. The van der Waals surface area contributed by atoms with Crippen LogP contribution in [-0.2, 0) is 32.6 Å². The van der Waals surface area contributed by atoms with Crippen molar-refractivity contribution in [3.63, 3.8) is 0 Å². The number of hydrogen-bond acceptors (Lipinski definition) is 4. The van der Waals surface area contributed by atoms with E-state index >= 15 is 0 Å². The molecule has 43 heavy (non-hydrogen) atoms. The van der Waals surface area contributed by atoms with E-state index in [0.29, 0.717) is 22.2 Å². The number of sulfonamides is 1. The van der Waals surface area contributed by atoms with Crippen LogP contribution in [-0.4, -0.2) is 50.0 Å². The molecule has 0 aromatic heterocycles. The van der Waals surface area contributed by atoms with E-state index in [0.717, 1.165) is 48.6 Å². The number of carbonyl (C=O) groups is 2. The molecule has 3 aromatic carbocycles. The van der Waals surface area contributed by atoms with E-state index in [4.69, 9.17) is 23.2 Å². The Morgan fingerprint density at radius 2 is 1.60 bits per heavy atom. The van der Waals surface area contributed by atoms with Crippen LogP contribution in [0.25, 0.3) is 0 Å². The van der Waals surface area contributed by atoms with Crippen molar-refractivity contribution in [2.24, 2.45) is 0 Å². The fourth-order valence-electron chi connectivity index (χ4n) is 5.47.